The van der Waals surface area contributed by atoms with E-state index in [0.717, 1.165) is 0 Å². The second-order valence-electron chi connectivity index (χ2n) is 1.75. The molecule has 9 heavy (non-hydrogen) atoms. The molecule has 0 aliphatic carbocycles. The topological polar surface area (TPSA) is 35.8 Å². The molecule has 0 saturated carbocycles. The van der Waals surface area contributed by atoms with Gasteiger partial charge in [-0.1, -0.05) is 18.2 Å². The maximum Gasteiger partial charge on any atom is 0.0927 e. The van der Waals surface area contributed by atoms with Crippen LogP contribution in [0.5, 0.6) is 0 Å². The molecule has 2 nitrogen and oxygen atoms in total. The Labute approximate surface area is 60.1 Å². The van der Waals surface area contributed by atoms with Crippen molar-refractivity contribution in [1.29, 1.82) is 5.26 Å². The summed E-state index contributed by atoms with van der Waals surface area (Å²) in [4.78, 5) is 0. The molecule has 3 heteroatoms. The van der Waals surface area contributed by atoms with Crippen LogP contribution in [0.1, 0.15) is 6.92 Å². The predicted molar refractivity (Wildman–Crippen MR) is 38.1 cm³/mol. The van der Waals surface area contributed by atoms with Crippen LogP contribution in [0.4, 0.5) is 0 Å². The monoisotopic (exact) mass is 144 g/mol. The lowest BCUT2D eigenvalue weighted by atomic mass is 10.4. The van der Waals surface area contributed by atoms with E-state index in [1.165, 1.54) is 0 Å². The first-order valence-electron chi connectivity index (χ1n) is 2.63. The smallest absolute Gasteiger partial charge is 0.0927 e. The lowest BCUT2D eigenvalue weighted by Gasteiger charge is -2.02. The van der Waals surface area contributed by atoms with E-state index in [9.17, 15) is 0 Å². The molecular formula is C6H9ClN2. The Morgan fingerprint density at radius 3 is 2.89 bits per heavy atom. The number of nitrogens with one attached hydrogen (secondary N) is 1. The zero-order valence-electron chi connectivity index (χ0n) is 5.32. The van der Waals surface area contributed by atoms with Crippen molar-refractivity contribution in [3.05, 3.63) is 11.6 Å². The molecule has 1 N–H and O–H groups in total. The minimum absolute atomic E-state index is 0.152. The van der Waals surface area contributed by atoms with Gasteiger partial charge < -0.3 is 0 Å². The van der Waals surface area contributed by atoms with Gasteiger partial charge in [-0.05, 0) is 6.92 Å². The highest BCUT2D eigenvalue weighted by atomic mass is 35.5. The fraction of sp³-hybridized carbons (Fsp3) is 0.500. The third-order valence-electron chi connectivity index (χ3n) is 0.794. The molecule has 1 atom stereocenters. The molecule has 0 aliphatic heterocycles. The van der Waals surface area contributed by atoms with Crippen molar-refractivity contribution in [1.82, 2.24) is 5.32 Å². The highest BCUT2D eigenvalue weighted by molar-refractivity contribution is 6.29. The van der Waals surface area contributed by atoms with Crippen molar-refractivity contribution in [3.8, 4) is 6.07 Å². The Morgan fingerprint density at radius 1 is 2.00 bits per heavy atom. The second-order valence-corrected chi connectivity index (χ2v) is 2.28. The van der Waals surface area contributed by atoms with Crippen molar-refractivity contribution in [3.63, 3.8) is 0 Å². The third-order valence-corrected chi connectivity index (χ3v) is 0.927. The van der Waals surface area contributed by atoms with Gasteiger partial charge in [-0.25, -0.2) is 0 Å². The van der Waals surface area contributed by atoms with Crippen LogP contribution in [-0.2, 0) is 0 Å². The van der Waals surface area contributed by atoms with E-state index in [1.807, 2.05) is 6.07 Å². The first-order valence-corrected chi connectivity index (χ1v) is 3.01. The number of hydrogen-bond donors (Lipinski definition) is 1. The molecule has 0 fully saturated rings. The molecule has 0 heterocycles. The Kier molecular flexibility index (Phi) is 4.12. The van der Waals surface area contributed by atoms with E-state index < -0.39 is 0 Å². The van der Waals surface area contributed by atoms with Gasteiger partial charge in [0, 0.05) is 11.6 Å². The molecule has 0 aromatic rings. The van der Waals surface area contributed by atoms with E-state index in [1.54, 1.807) is 6.92 Å². The molecule has 50 valence electrons. The highest BCUT2D eigenvalue weighted by Crippen LogP contribution is 1.92. The van der Waals surface area contributed by atoms with E-state index in [2.05, 4.69) is 11.9 Å². The fourth-order valence-electron chi connectivity index (χ4n) is 0.309. The van der Waals surface area contributed by atoms with Gasteiger partial charge in [-0.3, -0.25) is 5.32 Å². The van der Waals surface area contributed by atoms with Gasteiger partial charge in [0.05, 0.1) is 12.1 Å². The van der Waals surface area contributed by atoms with Crippen molar-refractivity contribution in [2.45, 2.75) is 13.0 Å². The molecule has 0 saturated heterocycles. The number of rotatable bonds is 3. The zero-order chi connectivity index (χ0) is 7.28. The maximum absolute atomic E-state index is 8.26. The van der Waals surface area contributed by atoms with Crippen molar-refractivity contribution >= 4 is 11.6 Å². The first-order chi connectivity index (χ1) is 4.16. The minimum Gasteiger partial charge on any atom is -0.297 e. The van der Waals surface area contributed by atoms with Crippen LogP contribution in [0, 0.1) is 11.3 Å². The summed E-state index contributed by atoms with van der Waals surface area (Å²) >= 11 is 5.41. The van der Waals surface area contributed by atoms with Gasteiger partial charge >= 0.3 is 0 Å². The molecule has 0 radical (unpaired) electrons. The number of hydrogen-bond acceptors (Lipinski definition) is 2. The van der Waals surface area contributed by atoms with Crippen molar-refractivity contribution < 1.29 is 0 Å². The van der Waals surface area contributed by atoms with Crippen LogP contribution in [0.25, 0.3) is 0 Å². The third kappa shape index (κ3) is 5.35. The molecule has 0 aliphatic rings. The number of halogens is 1. The molecule has 1 unspecified atom stereocenters. The Balaban J connectivity index is 3.30. The van der Waals surface area contributed by atoms with E-state index in [4.69, 9.17) is 16.9 Å². The Bertz CT molecular complexity index is 136. The van der Waals surface area contributed by atoms with Gasteiger partial charge in [-0.2, -0.15) is 5.26 Å². The molecule has 0 aromatic heterocycles. The largest absolute Gasteiger partial charge is 0.297 e. The molecular weight excluding hydrogens is 136 g/mol. The highest BCUT2D eigenvalue weighted by Gasteiger charge is 1.95. The lowest BCUT2D eigenvalue weighted by Crippen LogP contribution is -2.25. The van der Waals surface area contributed by atoms with Crippen LogP contribution >= 0.6 is 11.6 Å². The molecule has 0 spiro atoms. The number of nitrogens with zero attached hydrogens (tertiary/aromatic N) is 1. The van der Waals surface area contributed by atoms with E-state index in [-0.39, 0.29) is 6.04 Å². The summed E-state index contributed by atoms with van der Waals surface area (Å²) in [6, 6.07) is 1.86. The second kappa shape index (κ2) is 4.37. The average Bonchev–Trinajstić information content (AvgIpc) is 1.83. The lowest BCUT2D eigenvalue weighted by molar-refractivity contribution is 0.692. The summed E-state index contributed by atoms with van der Waals surface area (Å²) in [7, 11) is 0. The fourth-order valence-corrected chi connectivity index (χ4v) is 0.387. The number of nitriles is 1. The first kappa shape index (κ1) is 8.48. The minimum atomic E-state index is -0.152. The van der Waals surface area contributed by atoms with Crippen LogP contribution in [0.2, 0.25) is 0 Å². The van der Waals surface area contributed by atoms with Gasteiger partial charge in [0.1, 0.15) is 0 Å². The molecule has 0 amide bonds. The SMILES string of the molecule is C=C(Cl)CNC(C)C#N. The van der Waals surface area contributed by atoms with Crippen LogP contribution in [-0.4, -0.2) is 12.6 Å². The van der Waals surface area contributed by atoms with Gasteiger partial charge in [0.2, 0.25) is 0 Å². The normalized spacial score (nSPS) is 12.1. The molecule has 0 aromatic carbocycles. The predicted octanol–water partition coefficient (Wildman–Crippen LogP) is 1.24. The molecule has 0 bridgehead atoms. The summed E-state index contributed by atoms with van der Waals surface area (Å²) in [6.45, 7) is 5.71. The summed E-state index contributed by atoms with van der Waals surface area (Å²) in [5, 5.41) is 11.6. The van der Waals surface area contributed by atoms with E-state index in [0.29, 0.717) is 11.6 Å². The summed E-state index contributed by atoms with van der Waals surface area (Å²) in [5.74, 6) is 0. The summed E-state index contributed by atoms with van der Waals surface area (Å²) in [5.41, 5.74) is 0. The summed E-state index contributed by atoms with van der Waals surface area (Å²) in [6.07, 6.45) is 0. The molecule has 0 rings (SSSR count). The van der Waals surface area contributed by atoms with Crippen LogP contribution in [0.3, 0.4) is 0 Å². The maximum atomic E-state index is 8.26. The Morgan fingerprint density at radius 2 is 2.56 bits per heavy atom. The van der Waals surface area contributed by atoms with Crippen molar-refractivity contribution in [2.75, 3.05) is 6.54 Å². The average molecular weight is 145 g/mol. The quantitative estimate of drug-likeness (QED) is 0.647. The summed E-state index contributed by atoms with van der Waals surface area (Å²) < 4.78 is 0. The van der Waals surface area contributed by atoms with E-state index >= 15 is 0 Å². The van der Waals surface area contributed by atoms with Crippen LogP contribution < -0.4 is 5.32 Å². The van der Waals surface area contributed by atoms with Crippen molar-refractivity contribution in [2.24, 2.45) is 0 Å². The van der Waals surface area contributed by atoms with Gasteiger partial charge in [-0.15, -0.1) is 0 Å². The van der Waals surface area contributed by atoms with Gasteiger partial charge in [0.25, 0.3) is 0 Å². The van der Waals surface area contributed by atoms with Crippen LogP contribution in [0.15, 0.2) is 11.6 Å². The zero-order valence-corrected chi connectivity index (χ0v) is 6.07. The van der Waals surface area contributed by atoms with Gasteiger partial charge in [0.15, 0.2) is 0 Å². The Hall–Kier alpha value is -0.520. The standard InChI is InChI=1S/C6H9ClN2/c1-5(7)4-9-6(2)3-8/h6,9H,1,4H2,2H3.